The fourth-order valence-electron chi connectivity index (χ4n) is 4.48. The van der Waals surface area contributed by atoms with E-state index in [4.69, 9.17) is 0 Å². The second-order valence-corrected chi connectivity index (χ2v) is 9.89. The summed E-state index contributed by atoms with van der Waals surface area (Å²) >= 11 is 1.79. The van der Waals surface area contributed by atoms with Crippen LogP contribution < -0.4 is 0 Å². The van der Waals surface area contributed by atoms with Crippen LogP contribution in [0.4, 0.5) is 11.4 Å². The van der Waals surface area contributed by atoms with Crippen molar-refractivity contribution in [3.05, 3.63) is 83.8 Å². The van der Waals surface area contributed by atoms with E-state index in [2.05, 4.69) is 71.3 Å². The molecular formula is C29H33N2OS+. The third kappa shape index (κ3) is 5.40. The zero-order valence-electron chi connectivity index (χ0n) is 19.6. The molecule has 4 heteroatoms. The Morgan fingerprint density at radius 2 is 1.85 bits per heavy atom. The van der Waals surface area contributed by atoms with Crippen molar-refractivity contribution >= 4 is 34.6 Å². The van der Waals surface area contributed by atoms with Gasteiger partial charge in [0.1, 0.15) is 6.54 Å². The summed E-state index contributed by atoms with van der Waals surface area (Å²) in [7, 11) is 0. The molecule has 33 heavy (non-hydrogen) atoms. The lowest BCUT2D eigenvalue weighted by atomic mass is 9.80. The minimum Gasteiger partial charge on any atom is -0.396 e. The first-order valence-corrected chi connectivity index (χ1v) is 12.7. The first-order valence-electron chi connectivity index (χ1n) is 11.8. The van der Waals surface area contributed by atoms with Crippen molar-refractivity contribution in [1.82, 2.24) is 0 Å². The number of hydrogen-bond donors (Lipinski definition) is 1. The molecule has 0 saturated carbocycles. The van der Waals surface area contributed by atoms with Gasteiger partial charge in [0.05, 0.1) is 11.1 Å². The Kier molecular flexibility index (Phi) is 7.69. The first-order chi connectivity index (χ1) is 16.1. The van der Waals surface area contributed by atoms with Crippen molar-refractivity contribution in [3.63, 3.8) is 0 Å². The van der Waals surface area contributed by atoms with Gasteiger partial charge >= 0.3 is 0 Å². The Labute approximate surface area is 201 Å². The zero-order chi connectivity index (χ0) is 23.1. The molecule has 4 rings (SSSR count). The average molecular weight is 458 g/mol. The molecule has 0 aliphatic carbocycles. The number of thiophene rings is 1. The van der Waals surface area contributed by atoms with E-state index in [-0.39, 0.29) is 12.0 Å². The highest BCUT2D eigenvalue weighted by Gasteiger charge is 2.44. The molecule has 0 bridgehead atoms. The van der Waals surface area contributed by atoms with Gasteiger partial charge in [0.25, 0.3) is 0 Å². The molecule has 0 amide bonds. The highest BCUT2D eigenvalue weighted by molar-refractivity contribution is 7.13. The van der Waals surface area contributed by atoms with Gasteiger partial charge in [-0.1, -0.05) is 30.3 Å². The van der Waals surface area contributed by atoms with E-state index in [1.807, 2.05) is 36.5 Å². The Morgan fingerprint density at radius 1 is 1.00 bits per heavy atom. The molecular weight excluding hydrogens is 424 g/mol. The Morgan fingerprint density at radius 3 is 2.61 bits per heavy atom. The van der Waals surface area contributed by atoms with Crippen LogP contribution in [0, 0.1) is 0 Å². The van der Waals surface area contributed by atoms with Gasteiger partial charge in [-0.05, 0) is 68.0 Å². The number of para-hydroxylation sites is 1. The molecule has 1 aromatic heterocycles. The number of nitrogens with zero attached hydrogens (tertiary/aromatic N) is 2. The molecule has 1 aliphatic heterocycles. The molecule has 1 aliphatic rings. The lowest BCUT2D eigenvalue weighted by molar-refractivity contribution is -0.438. The smallest absolute Gasteiger partial charge is 0.209 e. The van der Waals surface area contributed by atoms with Crippen LogP contribution in [0.15, 0.2) is 83.2 Å². The number of unbranched alkanes of at least 4 members (excludes halogenated alkanes) is 2. The molecule has 0 atom stereocenters. The van der Waals surface area contributed by atoms with E-state index in [1.54, 1.807) is 11.3 Å². The largest absolute Gasteiger partial charge is 0.396 e. The van der Waals surface area contributed by atoms with Crippen LogP contribution in [0.1, 0.15) is 45.1 Å². The Hall–Kier alpha value is -2.82. The monoisotopic (exact) mass is 457 g/mol. The molecule has 1 N–H and O–H groups in total. The number of benzene rings is 2. The number of fused-ring (bicyclic) bond motifs is 1. The van der Waals surface area contributed by atoms with Crippen molar-refractivity contribution in [2.45, 2.75) is 44.9 Å². The molecule has 0 spiro atoms. The second-order valence-electron chi connectivity index (χ2n) is 8.94. The summed E-state index contributed by atoms with van der Waals surface area (Å²) in [6, 6.07) is 21.3. The van der Waals surface area contributed by atoms with E-state index in [0.29, 0.717) is 0 Å². The summed E-state index contributed by atoms with van der Waals surface area (Å²) in [5.41, 5.74) is 6.22. The van der Waals surface area contributed by atoms with Gasteiger partial charge in [0, 0.05) is 48.2 Å². The molecule has 3 nitrogen and oxygen atoms in total. The van der Waals surface area contributed by atoms with Gasteiger partial charge in [-0.15, -0.1) is 11.3 Å². The van der Waals surface area contributed by atoms with Gasteiger partial charge < -0.3 is 5.11 Å². The van der Waals surface area contributed by atoms with E-state index < -0.39 is 0 Å². The highest BCUT2D eigenvalue weighted by atomic mass is 32.1. The number of aliphatic hydroxyl groups is 1. The van der Waals surface area contributed by atoms with E-state index in [0.717, 1.165) is 37.9 Å². The van der Waals surface area contributed by atoms with Crippen LogP contribution in [0.5, 0.6) is 0 Å². The summed E-state index contributed by atoms with van der Waals surface area (Å²) in [5, 5.41) is 11.3. The fraction of sp³-hybridized carbons (Fsp3) is 0.310. The van der Waals surface area contributed by atoms with Gasteiger partial charge in [-0.3, -0.25) is 4.99 Å². The van der Waals surface area contributed by atoms with Crippen molar-refractivity contribution in [3.8, 4) is 10.4 Å². The van der Waals surface area contributed by atoms with Gasteiger partial charge in [-0.2, -0.15) is 4.58 Å². The van der Waals surface area contributed by atoms with E-state index in [9.17, 15) is 5.11 Å². The predicted octanol–water partition coefficient (Wildman–Crippen LogP) is 7.30. The van der Waals surface area contributed by atoms with Crippen LogP contribution >= 0.6 is 11.3 Å². The SMILES string of the molecule is CC1(C)C(C=CCC=Nc2ccccc2)=[N+](CCCCCO)c2ccc(-c3cccs3)cc21. The van der Waals surface area contributed by atoms with Crippen molar-refractivity contribution < 1.29 is 9.68 Å². The Bertz CT molecular complexity index is 1140. The molecule has 170 valence electrons. The van der Waals surface area contributed by atoms with Crippen molar-refractivity contribution in [2.75, 3.05) is 13.2 Å². The normalized spacial score (nSPS) is 15.1. The maximum absolute atomic E-state index is 9.18. The maximum Gasteiger partial charge on any atom is 0.209 e. The van der Waals surface area contributed by atoms with Gasteiger partial charge in [0.15, 0.2) is 5.71 Å². The second kappa shape index (κ2) is 10.9. The standard InChI is InChI=1S/C29H33N2OS/c1-29(2)25-22-23(27-14-11-21-33-27)16-17-26(25)31(19-9-4-10-20-32)28(29)15-7-8-18-30-24-12-5-3-6-13-24/h3,5-7,11-18,21-22,32H,4,8-10,19-20H2,1-2H3/q+1. The van der Waals surface area contributed by atoms with E-state index in [1.165, 1.54) is 27.4 Å². The first kappa shape index (κ1) is 23.3. The molecule has 3 aromatic rings. The van der Waals surface area contributed by atoms with Gasteiger partial charge in [-0.25, -0.2) is 0 Å². The number of hydrogen-bond acceptors (Lipinski definition) is 3. The zero-order valence-corrected chi connectivity index (χ0v) is 20.4. The van der Waals surface area contributed by atoms with Gasteiger partial charge in [0.2, 0.25) is 5.69 Å². The number of allylic oxidation sites excluding steroid dienone is 2. The van der Waals surface area contributed by atoms with Crippen LogP contribution in [-0.2, 0) is 5.41 Å². The number of rotatable bonds is 10. The lowest BCUT2D eigenvalue weighted by Crippen LogP contribution is -2.28. The quantitative estimate of drug-likeness (QED) is 0.193. The molecule has 0 fully saturated rings. The lowest BCUT2D eigenvalue weighted by Gasteiger charge is -2.16. The van der Waals surface area contributed by atoms with E-state index >= 15 is 0 Å². The minimum absolute atomic E-state index is 0.0767. The average Bonchev–Trinajstić information content (AvgIpc) is 3.43. The minimum atomic E-state index is -0.0767. The van der Waals surface area contributed by atoms with Crippen LogP contribution in [-0.4, -0.2) is 34.8 Å². The molecule has 2 aromatic carbocycles. The van der Waals surface area contributed by atoms with Crippen LogP contribution in [0.25, 0.3) is 10.4 Å². The number of aliphatic hydroxyl groups excluding tert-OH is 1. The fourth-order valence-corrected chi connectivity index (χ4v) is 5.21. The maximum atomic E-state index is 9.18. The molecule has 0 saturated heterocycles. The van der Waals surface area contributed by atoms with Crippen molar-refractivity contribution in [1.29, 1.82) is 0 Å². The summed E-state index contributed by atoms with van der Waals surface area (Å²) < 4.78 is 2.48. The topological polar surface area (TPSA) is 35.6 Å². The third-order valence-electron chi connectivity index (χ3n) is 6.25. The van der Waals surface area contributed by atoms with Crippen LogP contribution in [0.2, 0.25) is 0 Å². The highest BCUT2D eigenvalue weighted by Crippen LogP contribution is 2.42. The van der Waals surface area contributed by atoms with Crippen LogP contribution in [0.3, 0.4) is 0 Å². The molecule has 0 unspecified atom stereocenters. The summed E-state index contributed by atoms with van der Waals surface area (Å²) in [4.78, 5) is 5.86. The molecule has 0 radical (unpaired) electrons. The summed E-state index contributed by atoms with van der Waals surface area (Å²) in [5.74, 6) is 0. The molecule has 2 heterocycles. The predicted molar refractivity (Wildman–Crippen MR) is 142 cm³/mol. The third-order valence-corrected chi connectivity index (χ3v) is 7.17. The number of aliphatic imine (C=N–C) groups is 1. The Balaban J connectivity index is 1.59. The van der Waals surface area contributed by atoms with Crippen molar-refractivity contribution in [2.24, 2.45) is 4.99 Å². The summed E-state index contributed by atoms with van der Waals surface area (Å²) in [6.45, 7) is 5.89. The summed E-state index contributed by atoms with van der Waals surface area (Å²) in [6.07, 6.45) is 10.2.